The van der Waals surface area contributed by atoms with Crippen molar-refractivity contribution in [2.45, 2.75) is 26.4 Å². The summed E-state index contributed by atoms with van der Waals surface area (Å²) < 4.78 is 5.09. The molecule has 0 aliphatic heterocycles. The largest absolute Gasteiger partial charge is 0.507 e. The Labute approximate surface area is 120 Å². The molecular weight excluding hydrogens is 250 g/mol. The Bertz CT molecular complexity index is 581. The van der Waals surface area contributed by atoms with Crippen molar-refractivity contribution in [3.05, 3.63) is 59.2 Å². The molecule has 0 bridgehead atoms. The van der Waals surface area contributed by atoms with Crippen molar-refractivity contribution in [2.75, 3.05) is 7.11 Å². The van der Waals surface area contributed by atoms with E-state index in [9.17, 15) is 5.11 Å². The lowest BCUT2D eigenvalue weighted by Crippen LogP contribution is -2.18. The fourth-order valence-electron chi connectivity index (χ4n) is 2.20. The summed E-state index contributed by atoms with van der Waals surface area (Å²) >= 11 is 0. The lowest BCUT2D eigenvalue weighted by molar-refractivity contribution is 0.404. The summed E-state index contributed by atoms with van der Waals surface area (Å²) in [5.74, 6) is 0.923. The number of hydrogen-bond acceptors (Lipinski definition) is 3. The molecule has 0 radical (unpaired) electrons. The van der Waals surface area contributed by atoms with Gasteiger partial charge in [-0.2, -0.15) is 0 Å². The van der Waals surface area contributed by atoms with Gasteiger partial charge in [0.05, 0.1) is 7.11 Å². The highest BCUT2D eigenvalue weighted by atomic mass is 16.5. The first-order chi connectivity index (χ1) is 9.61. The third-order valence-corrected chi connectivity index (χ3v) is 3.56. The molecule has 0 spiro atoms. The zero-order chi connectivity index (χ0) is 14.5. The molecule has 0 heterocycles. The summed E-state index contributed by atoms with van der Waals surface area (Å²) in [4.78, 5) is 0. The Balaban J connectivity index is 2.05. The van der Waals surface area contributed by atoms with Crippen LogP contribution in [0.25, 0.3) is 0 Å². The number of rotatable bonds is 5. The second kappa shape index (κ2) is 6.44. The van der Waals surface area contributed by atoms with Crippen LogP contribution in [0.1, 0.15) is 29.7 Å². The quantitative estimate of drug-likeness (QED) is 0.873. The van der Waals surface area contributed by atoms with Gasteiger partial charge >= 0.3 is 0 Å². The average Bonchev–Trinajstić information content (AvgIpc) is 2.46. The van der Waals surface area contributed by atoms with Crippen molar-refractivity contribution in [2.24, 2.45) is 0 Å². The molecule has 0 aliphatic carbocycles. The standard InChI is InChI=1S/C17H21NO2/c1-12-6-4-5-7-14(12)11-18-13(2)16-9-8-15(20-3)10-17(16)19/h4-10,13,18-19H,11H2,1-3H3. The third kappa shape index (κ3) is 3.31. The van der Waals surface area contributed by atoms with E-state index in [0.717, 1.165) is 12.1 Å². The normalized spacial score (nSPS) is 12.2. The number of benzene rings is 2. The third-order valence-electron chi connectivity index (χ3n) is 3.56. The molecule has 0 fully saturated rings. The van der Waals surface area contributed by atoms with Crippen molar-refractivity contribution in [1.82, 2.24) is 5.32 Å². The summed E-state index contributed by atoms with van der Waals surface area (Å²) in [6.45, 7) is 4.92. The lowest BCUT2D eigenvalue weighted by atomic mass is 10.1. The number of methoxy groups -OCH3 is 1. The predicted octanol–water partition coefficient (Wildman–Crippen LogP) is 3.56. The van der Waals surface area contributed by atoms with Gasteiger partial charge < -0.3 is 15.2 Å². The molecule has 3 heteroatoms. The van der Waals surface area contributed by atoms with Crippen LogP contribution in [-0.4, -0.2) is 12.2 Å². The van der Waals surface area contributed by atoms with Crippen molar-refractivity contribution in [1.29, 1.82) is 0 Å². The van der Waals surface area contributed by atoms with Crippen LogP contribution < -0.4 is 10.1 Å². The van der Waals surface area contributed by atoms with Crippen molar-refractivity contribution in [3.63, 3.8) is 0 Å². The molecule has 2 aromatic rings. The molecule has 3 nitrogen and oxygen atoms in total. The molecule has 0 aromatic heterocycles. The van der Waals surface area contributed by atoms with Crippen molar-refractivity contribution >= 4 is 0 Å². The van der Waals surface area contributed by atoms with Gasteiger partial charge in [0.1, 0.15) is 11.5 Å². The van der Waals surface area contributed by atoms with E-state index in [2.05, 4.69) is 24.4 Å². The minimum Gasteiger partial charge on any atom is -0.507 e. The monoisotopic (exact) mass is 271 g/mol. The minimum atomic E-state index is 0.0699. The van der Waals surface area contributed by atoms with Crippen LogP contribution in [0.4, 0.5) is 0 Å². The molecular formula is C17H21NO2. The van der Waals surface area contributed by atoms with Gasteiger partial charge in [0.25, 0.3) is 0 Å². The van der Waals surface area contributed by atoms with E-state index < -0.39 is 0 Å². The Morgan fingerprint density at radius 3 is 2.60 bits per heavy atom. The molecule has 2 N–H and O–H groups in total. The van der Waals surface area contributed by atoms with E-state index in [0.29, 0.717) is 5.75 Å². The maximum Gasteiger partial charge on any atom is 0.124 e. The van der Waals surface area contributed by atoms with Gasteiger partial charge in [0, 0.05) is 24.2 Å². The average molecular weight is 271 g/mol. The minimum absolute atomic E-state index is 0.0699. The molecule has 1 unspecified atom stereocenters. The number of phenolic OH excluding ortho intramolecular Hbond substituents is 1. The number of phenols is 1. The number of nitrogens with one attached hydrogen (secondary N) is 1. The maximum absolute atomic E-state index is 10.0. The van der Waals surface area contributed by atoms with Gasteiger partial charge in [-0.05, 0) is 31.0 Å². The predicted molar refractivity (Wildman–Crippen MR) is 81.1 cm³/mol. The molecule has 0 amide bonds. The van der Waals surface area contributed by atoms with E-state index in [1.807, 2.05) is 31.2 Å². The second-order valence-corrected chi connectivity index (χ2v) is 4.95. The van der Waals surface area contributed by atoms with Crippen molar-refractivity contribution in [3.8, 4) is 11.5 Å². The van der Waals surface area contributed by atoms with E-state index in [1.165, 1.54) is 11.1 Å². The van der Waals surface area contributed by atoms with Crippen LogP contribution in [0.15, 0.2) is 42.5 Å². The molecule has 0 saturated carbocycles. The smallest absolute Gasteiger partial charge is 0.124 e. The molecule has 106 valence electrons. The second-order valence-electron chi connectivity index (χ2n) is 4.95. The first kappa shape index (κ1) is 14.4. The summed E-state index contributed by atoms with van der Waals surface area (Å²) in [5.41, 5.74) is 3.41. The van der Waals surface area contributed by atoms with Crippen LogP contribution in [-0.2, 0) is 6.54 Å². The van der Waals surface area contributed by atoms with Gasteiger partial charge in [-0.25, -0.2) is 0 Å². The zero-order valence-electron chi connectivity index (χ0n) is 12.2. The molecule has 2 rings (SSSR count). The number of aryl methyl sites for hydroxylation is 1. The van der Waals surface area contributed by atoms with Gasteiger partial charge in [-0.15, -0.1) is 0 Å². The first-order valence-corrected chi connectivity index (χ1v) is 6.76. The highest BCUT2D eigenvalue weighted by Crippen LogP contribution is 2.28. The summed E-state index contributed by atoms with van der Waals surface area (Å²) in [6, 6.07) is 13.8. The molecule has 20 heavy (non-hydrogen) atoms. The van der Waals surface area contributed by atoms with Crippen LogP contribution in [0.3, 0.4) is 0 Å². The molecule has 0 aliphatic rings. The van der Waals surface area contributed by atoms with E-state index >= 15 is 0 Å². The van der Waals surface area contributed by atoms with E-state index in [1.54, 1.807) is 13.2 Å². The van der Waals surface area contributed by atoms with Crippen LogP contribution in [0.5, 0.6) is 11.5 Å². The van der Waals surface area contributed by atoms with Crippen LogP contribution in [0.2, 0.25) is 0 Å². The highest BCUT2D eigenvalue weighted by molar-refractivity contribution is 5.41. The van der Waals surface area contributed by atoms with E-state index in [-0.39, 0.29) is 11.8 Å². The number of aromatic hydroxyl groups is 1. The molecule has 2 aromatic carbocycles. The number of ether oxygens (including phenoxy) is 1. The zero-order valence-corrected chi connectivity index (χ0v) is 12.2. The van der Waals surface area contributed by atoms with Gasteiger partial charge in [0.2, 0.25) is 0 Å². The first-order valence-electron chi connectivity index (χ1n) is 6.76. The summed E-state index contributed by atoms with van der Waals surface area (Å²) in [5, 5.41) is 13.5. The highest BCUT2D eigenvalue weighted by Gasteiger charge is 2.11. The van der Waals surface area contributed by atoms with Crippen LogP contribution in [0, 0.1) is 6.92 Å². The van der Waals surface area contributed by atoms with Crippen LogP contribution >= 0.6 is 0 Å². The molecule has 0 saturated heterocycles. The SMILES string of the molecule is COc1ccc(C(C)NCc2ccccc2C)c(O)c1. The Morgan fingerprint density at radius 1 is 1.20 bits per heavy atom. The fraction of sp³-hybridized carbons (Fsp3) is 0.294. The Kier molecular flexibility index (Phi) is 4.64. The maximum atomic E-state index is 10.0. The summed E-state index contributed by atoms with van der Waals surface area (Å²) in [7, 11) is 1.59. The fourth-order valence-corrected chi connectivity index (χ4v) is 2.20. The van der Waals surface area contributed by atoms with Gasteiger partial charge in [0.15, 0.2) is 0 Å². The van der Waals surface area contributed by atoms with E-state index in [4.69, 9.17) is 4.74 Å². The van der Waals surface area contributed by atoms with Gasteiger partial charge in [-0.3, -0.25) is 0 Å². The van der Waals surface area contributed by atoms with Crippen molar-refractivity contribution < 1.29 is 9.84 Å². The summed E-state index contributed by atoms with van der Waals surface area (Å²) in [6.07, 6.45) is 0. The Morgan fingerprint density at radius 2 is 1.95 bits per heavy atom. The lowest BCUT2D eigenvalue weighted by Gasteiger charge is -2.17. The molecule has 1 atom stereocenters. The number of hydrogen-bond donors (Lipinski definition) is 2. The topological polar surface area (TPSA) is 41.5 Å². The van der Waals surface area contributed by atoms with Gasteiger partial charge in [-0.1, -0.05) is 30.3 Å². The Hall–Kier alpha value is -2.00.